The molecule has 3 nitrogen and oxygen atoms in total. The molecule has 3 heteroatoms. The minimum Gasteiger partial charge on any atom is -0.492 e. The van der Waals surface area contributed by atoms with Gasteiger partial charge in [0.1, 0.15) is 12.4 Å². The third kappa shape index (κ3) is 3.87. The molecule has 1 aliphatic heterocycles. The molecule has 2 atom stereocenters. The molecular weight excluding hydrogens is 272 g/mol. The van der Waals surface area contributed by atoms with E-state index in [2.05, 4.69) is 47.5 Å². The fraction of sp³-hybridized carbons (Fsp3) is 0.368. The number of hydrogen-bond acceptors (Lipinski definition) is 3. The van der Waals surface area contributed by atoms with Gasteiger partial charge in [-0.25, -0.2) is 0 Å². The van der Waals surface area contributed by atoms with Crippen LogP contribution in [-0.2, 0) is 0 Å². The van der Waals surface area contributed by atoms with Crippen LogP contribution in [0.5, 0.6) is 5.75 Å². The summed E-state index contributed by atoms with van der Waals surface area (Å²) in [4.78, 5) is 2.53. The van der Waals surface area contributed by atoms with Crippen LogP contribution < -0.4 is 10.1 Å². The van der Waals surface area contributed by atoms with E-state index in [4.69, 9.17) is 4.74 Å². The average molecular weight is 296 g/mol. The van der Waals surface area contributed by atoms with Gasteiger partial charge < -0.3 is 10.1 Å². The van der Waals surface area contributed by atoms with Gasteiger partial charge in [-0.05, 0) is 24.6 Å². The minimum absolute atomic E-state index is 0.428. The van der Waals surface area contributed by atoms with Gasteiger partial charge >= 0.3 is 0 Å². The Morgan fingerprint density at radius 2 is 1.73 bits per heavy atom. The van der Waals surface area contributed by atoms with Crippen LogP contribution in [0.4, 0.5) is 0 Å². The highest BCUT2D eigenvalue weighted by Crippen LogP contribution is 2.23. The Labute approximate surface area is 132 Å². The van der Waals surface area contributed by atoms with Crippen molar-refractivity contribution >= 4 is 0 Å². The van der Waals surface area contributed by atoms with Crippen molar-refractivity contribution in [3.63, 3.8) is 0 Å². The van der Waals surface area contributed by atoms with E-state index < -0.39 is 0 Å². The Bertz CT molecular complexity index is 558. The predicted octanol–water partition coefficient (Wildman–Crippen LogP) is 3.10. The molecule has 116 valence electrons. The second kappa shape index (κ2) is 7.43. The highest BCUT2D eigenvalue weighted by atomic mass is 16.5. The number of nitrogens with one attached hydrogen (secondary N) is 1. The van der Waals surface area contributed by atoms with E-state index in [0.717, 1.165) is 32.0 Å². The lowest BCUT2D eigenvalue weighted by molar-refractivity contribution is 0.113. The number of hydrogen-bond donors (Lipinski definition) is 1. The predicted molar refractivity (Wildman–Crippen MR) is 90.2 cm³/mol. The van der Waals surface area contributed by atoms with E-state index in [1.807, 2.05) is 30.3 Å². The van der Waals surface area contributed by atoms with Crippen molar-refractivity contribution in [3.8, 4) is 5.75 Å². The number of benzene rings is 2. The van der Waals surface area contributed by atoms with E-state index >= 15 is 0 Å². The first kappa shape index (κ1) is 15.1. The fourth-order valence-electron chi connectivity index (χ4n) is 3.03. The molecule has 0 aliphatic carbocycles. The smallest absolute Gasteiger partial charge is 0.119 e. The molecule has 1 saturated heterocycles. The maximum absolute atomic E-state index is 5.87. The highest BCUT2D eigenvalue weighted by molar-refractivity contribution is 5.21. The maximum atomic E-state index is 5.87. The Morgan fingerprint density at radius 1 is 1.05 bits per heavy atom. The highest BCUT2D eigenvalue weighted by Gasteiger charge is 2.26. The van der Waals surface area contributed by atoms with Gasteiger partial charge in [-0.2, -0.15) is 0 Å². The van der Waals surface area contributed by atoms with Crippen molar-refractivity contribution in [1.82, 2.24) is 10.2 Å². The molecule has 0 bridgehead atoms. The molecule has 22 heavy (non-hydrogen) atoms. The molecular formula is C19H24N2O. The molecule has 2 unspecified atom stereocenters. The van der Waals surface area contributed by atoms with Crippen LogP contribution in [-0.4, -0.2) is 37.2 Å². The molecule has 0 radical (unpaired) electrons. The third-order valence-corrected chi connectivity index (χ3v) is 4.18. The van der Waals surface area contributed by atoms with Crippen LogP contribution in [0.25, 0.3) is 0 Å². The largest absolute Gasteiger partial charge is 0.492 e. The number of ether oxygens (including phenoxy) is 1. The molecule has 2 aromatic rings. The monoisotopic (exact) mass is 296 g/mol. The number of nitrogens with zero attached hydrogens (tertiary/aromatic N) is 1. The second-order valence-electron chi connectivity index (χ2n) is 5.89. The number of piperazine rings is 1. The standard InChI is InChI=1S/C19H24N2O/c1-16-15-21(12-13-22-18-10-6-3-7-11-18)19(14-20-16)17-8-4-2-5-9-17/h2-11,16,19-20H,12-15H2,1H3. The molecule has 2 aromatic carbocycles. The summed E-state index contributed by atoms with van der Waals surface area (Å²) >= 11 is 0. The lowest BCUT2D eigenvalue weighted by atomic mass is 10.0. The van der Waals surface area contributed by atoms with E-state index in [0.29, 0.717) is 12.1 Å². The van der Waals surface area contributed by atoms with E-state index in [1.54, 1.807) is 0 Å². The summed E-state index contributed by atoms with van der Waals surface area (Å²) < 4.78 is 5.87. The first-order valence-electron chi connectivity index (χ1n) is 8.03. The topological polar surface area (TPSA) is 24.5 Å². The summed E-state index contributed by atoms with van der Waals surface area (Å²) in [7, 11) is 0. The van der Waals surface area contributed by atoms with Crippen molar-refractivity contribution in [3.05, 3.63) is 66.2 Å². The number of para-hydroxylation sites is 1. The second-order valence-corrected chi connectivity index (χ2v) is 5.89. The van der Waals surface area contributed by atoms with E-state index in [9.17, 15) is 0 Å². The quantitative estimate of drug-likeness (QED) is 0.917. The Kier molecular flexibility index (Phi) is 5.09. The summed E-state index contributed by atoms with van der Waals surface area (Å²) in [5.41, 5.74) is 1.38. The molecule has 0 spiro atoms. The summed E-state index contributed by atoms with van der Waals surface area (Å²) in [6.07, 6.45) is 0. The molecule has 1 aliphatic rings. The zero-order valence-electron chi connectivity index (χ0n) is 13.1. The van der Waals surface area contributed by atoms with Crippen molar-refractivity contribution in [1.29, 1.82) is 0 Å². The SMILES string of the molecule is CC1CN(CCOc2ccccc2)C(c2ccccc2)CN1. The van der Waals surface area contributed by atoms with Gasteiger partial charge in [0.05, 0.1) is 0 Å². The maximum Gasteiger partial charge on any atom is 0.119 e. The summed E-state index contributed by atoms with van der Waals surface area (Å²) in [6.45, 7) is 5.96. The van der Waals surface area contributed by atoms with Crippen LogP contribution >= 0.6 is 0 Å². The Hall–Kier alpha value is -1.84. The lowest BCUT2D eigenvalue weighted by Gasteiger charge is -2.39. The van der Waals surface area contributed by atoms with Gasteiger partial charge in [0.2, 0.25) is 0 Å². The van der Waals surface area contributed by atoms with Crippen LogP contribution in [0.15, 0.2) is 60.7 Å². The van der Waals surface area contributed by atoms with Crippen molar-refractivity contribution in [2.45, 2.75) is 19.0 Å². The zero-order valence-corrected chi connectivity index (χ0v) is 13.1. The molecule has 0 saturated carbocycles. The fourth-order valence-corrected chi connectivity index (χ4v) is 3.03. The molecule has 0 aromatic heterocycles. The van der Waals surface area contributed by atoms with Crippen LogP contribution in [0.3, 0.4) is 0 Å². The van der Waals surface area contributed by atoms with E-state index in [1.165, 1.54) is 5.56 Å². The van der Waals surface area contributed by atoms with Crippen molar-refractivity contribution in [2.75, 3.05) is 26.2 Å². The molecule has 1 fully saturated rings. The van der Waals surface area contributed by atoms with Gasteiger partial charge in [-0.1, -0.05) is 48.5 Å². The summed E-state index contributed by atoms with van der Waals surface area (Å²) in [6, 6.07) is 21.7. The van der Waals surface area contributed by atoms with Crippen molar-refractivity contribution < 1.29 is 4.74 Å². The van der Waals surface area contributed by atoms with Gasteiger partial charge in [-0.15, -0.1) is 0 Å². The van der Waals surface area contributed by atoms with Gasteiger partial charge in [0.25, 0.3) is 0 Å². The number of rotatable bonds is 5. The van der Waals surface area contributed by atoms with Gasteiger partial charge in [0.15, 0.2) is 0 Å². The first-order chi connectivity index (χ1) is 10.8. The Morgan fingerprint density at radius 3 is 2.45 bits per heavy atom. The van der Waals surface area contributed by atoms with Gasteiger partial charge in [-0.3, -0.25) is 4.90 Å². The zero-order chi connectivity index (χ0) is 15.2. The van der Waals surface area contributed by atoms with Crippen molar-refractivity contribution in [2.24, 2.45) is 0 Å². The van der Waals surface area contributed by atoms with Crippen LogP contribution in [0.1, 0.15) is 18.5 Å². The van der Waals surface area contributed by atoms with Gasteiger partial charge in [0, 0.05) is 31.7 Å². The van der Waals surface area contributed by atoms with Crippen LogP contribution in [0, 0.1) is 0 Å². The lowest BCUT2D eigenvalue weighted by Crippen LogP contribution is -2.51. The molecule has 3 rings (SSSR count). The average Bonchev–Trinajstić information content (AvgIpc) is 2.57. The minimum atomic E-state index is 0.428. The normalized spacial score (nSPS) is 22.4. The first-order valence-corrected chi connectivity index (χ1v) is 8.03. The summed E-state index contributed by atoms with van der Waals surface area (Å²) in [5.74, 6) is 0.946. The summed E-state index contributed by atoms with van der Waals surface area (Å²) in [5, 5.41) is 3.59. The van der Waals surface area contributed by atoms with Crippen LogP contribution in [0.2, 0.25) is 0 Å². The third-order valence-electron chi connectivity index (χ3n) is 4.18. The molecule has 1 N–H and O–H groups in total. The van der Waals surface area contributed by atoms with E-state index in [-0.39, 0.29) is 0 Å². The Balaban J connectivity index is 1.61. The molecule has 1 heterocycles. The molecule has 0 amide bonds.